The van der Waals surface area contributed by atoms with Crippen LogP contribution in [0.15, 0.2) is 50.1 Å². The Labute approximate surface area is 194 Å². The molecular formula is C24H18F3N3O5. The molecule has 3 aromatic rings. The van der Waals surface area contributed by atoms with E-state index in [1.165, 1.54) is 24.3 Å². The van der Waals surface area contributed by atoms with Crippen LogP contribution in [0.25, 0.3) is 22.1 Å². The molecule has 1 saturated carbocycles. The van der Waals surface area contributed by atoms with Crippen molar-refractivity contribution < 1.29 is 32.0 Å². The van der Waals surface area contributed by atoms with Crippen LogP contribution in [0.1, 0.15) is 31.4 Å². The van der Waals surface area contributed by atoms with Gasteiger partial charge in [0.1, 0.15) is 0 Å². The summed E-state index contributed by atoms with van der Waals surface area (Å²) in [4.78, 5) is 28.8. The molecule has 1 aromatic carbocycles. The molecule has 1 atom stereocenters. The molecule has 8 nitrogen and oxygen atoms in total. The van der Waals surface area contributed by atoms with Crippen LogP contribution >= 0.6 is 0 Å². The van der Waals surface area contributed by atoms with Crippen molar-refractivity contribution in [3.8, 4) is 0 Å². The van der Waals surface area contributed by atoms with Crippen molar-refractivity contribution in [3.63, 3.8) is 0 Å². The van der Waals surface area contributed by atoms with Gasteiger partial charge in [0, 0.05) is 28.5 Å². The number of rotatable bonds is 5. The quantitative estimate of drug-likeness (QED) is 0.532. The van der Waals surface area contributed by atoms with Gasteiger partial charge in [-0.05, 0) is 49.8 Å². The van der Waals surface area contributed by atoms with Crippen molar-refractivity contribution in [2.24, 2.45) is 5.41 Å². The van der Waals surface area contributed by atoms with Gasteiger partial charge >= 0.3 is 11.8 Å². The van der Waals surface area contributed by atoms with E-state index in [0.717, 1.165) is 6.39 Å². The summed E-state index contributed by atoms with van der Waals surface area (Å²) < 4.78 is 52.8. The topological polar surface area (TPSA) is 118 Å². The van der Waals surface area contributed by atoms with E-state index in [1.54, 1.807) is 6.92 Å². The molecule has 1 fully saturated rings. The highest BCUT2D eigenvalue weighted by Crippen LogP contribution is 2.55. The Morgan fingerprint density at radius 1 is 1.29 bits per heavy atom. The monoisotopic (exact) mass is 485 g/mol. The van der Waals surface area contributed by atoms with E-state index in [0.29, 0.717) is 41.3 Å². The zero-order chi connectivity index (χ0) is 25.0. The number of fused-ring (bicyclic) bond motifs is 2. The SMILES string of the molecule is Cc1noc(=O)c2ccc(NC(=O)C(O)(CC3(C4=c5ocnc5=C=C=C4)CCC3)C(F)(F)F)cc12. The van der Waals surface area contributed by atoms with E-state index in [-0.39, 0.29) is 16.5 Å². The van der Waals surface area contributed by atoms with Gasteiger partial charge in [0.15, 0.2) is 17.2 Å². The maximum Gasteiger partial charge on any atom is 0.426 e. The second kappa shape index (κ2) is 7.81. The van der Waals surface area contributed by atoms with Crippen LogP contribution in [-0.2, 0) is 4.79 Å². The molecular weight excluding hydrogens is 467 g/mol. The Morgan fingerprint density at radius 2 is 2.06 bits per heavy atom. The molecule has 2 aliphatic carbocycles. The predicted molar refractivity (Wildman–Crippen MR) is 116 cm³/mol. The summed E-state index contributed by atoms with van der Waals surface area (Å²) in [6.45, 7) is 1.54. The first-order valence-electron chi connectivity index (χ1n) is 10.7. The first kappa shape index (κ1) is 22.9. The average Bonchev–Trinajstić information content (AvgIpc) is 3.27. The van der Waals surface area contributed by atoms with Crippen LogP contribution in [0.2, 0.25) is 0 Å². The first-order valence-corrected chi connectivity index (χ1v) is 10.7. The fourth-order valence-electron chi connectivity index (χ4n) is 4.65. The third kappa shape index (κ3) is 3.61. The van der Waals surface area contributed by atoms with Crippen LogP contribution in [-0.4, -0.2) is 32.9 Å². The van der Waals surface area contributed by atoms with Gasteiger partial charge in [0.2, 0.25) is 5.60 Å². The molecule has 0 aliphatic heterocycles. The van der Waals surface area contributed by atoms with E-state index >= 15 is 0 Å². The zero-order valence-corrected chi connectivity index (χ0v) is 18.3. The number of nitrogens with zero attached hydrogens (tertiary/aromatic N) is 2. The Morgan fingerprint density at radius 3 is 2.74 bits per heavy atom. The highest BCUT2D eigenvalue weighted by molar-refractivity contribution is 6.00. The van der Waals surface area contributed by atoms with E-state index in [4.69, 9.17) is 4.42 Å². The smallest absolute Gasteiger partial charge is 0.426 e. The average molecular weight is 485 g/mol. The fourth-order valence-corrected chi connectivity index (χ4v) is 4.65. The highest BCUT2D eigenvalue weighted by Gasteiger charge is 2.63. The number of hydrogen-bond acceptors (Lipinski definition) is 7. The predicted octanol–water partition coefficient (Wildman–Crippen LogP) is 2.23. The summed E-state index contributed by atoms with van der Waals surface area (Å²) in [6.07, 6.45) is -2.34. The molecule has 2 N–H and O–H groups in total. The molecule has 11 heteroatoms. The lowest BCUT2D eigenvalue weighted by Crippen LogP contribution is -2.58. The number of amides is 1. The van der Waals surface area contributed by atoms with Gasteiger partial charge in [0.05, 0.1) is 11.1 Å². The third-order valence-corrected chi connectivity index (χ3v) is 6.69. The van der Waals surface area contributed by atoms with Crippen molar-refractivity contribution in [3.05, 3.63) is 63.3 Å². The number of halogens is 3. The molecule has 0 saturated heterocycles. The molecule has 2 heterocycles. The van der Waals surface area contributed by atoms with Gasteiger partial charge in [-0.15, -0.1) is 0 Å². The Bertz CT molecular complexity index is 1620. The summed E-state index contributed by atoms with van der Waals surface area (Å²) in [5.74, 6) is -1.63. The minimum atomic E-state index is -5.28. The minimum Gasteiger partial charge on any atom is -0.442 e. The highest BCUT2D eigenvalue weighted by atomic mass is 19.4. The van der Waals surface area contributed by atoms with Crippen LogP contribution in [0.4, 0.5) is 18.9 Å². The van der Waals surface area contributed by atoms with Crippen LogP contribution in [0, 0.1) is 12.3 Å². The Balaban J connectivity index is 1.53. The van der Waals surface area contributed by atoms with Crippen molar-refractivity contribution >= 4 is 33.7 Å². The molecule has 1 amide bonds. The van der Waals surface area contributed by atoms with Crippen LogP contribution in [0.3, 0.4) is 0 Å². The molecule has 1 unspecified atom stereocenters. The van der Waals surface area contributed by atoms with E-state index in [2.05, 4.69) is 31.4 Å². The van der Waals surface area contributed by atoms with E-state index in [9.17, 15) is 27.9 Å². The molecule has 2 aromatic heterocycles. The number of oxazole rings is 1. The number of allylic oxidation sites excluding steroid dienone is 1. The zero-order valence-electron chi connectivity index (χ0n) is 18.3. The lowest BCUT2D eigenvalue weighted by atomic mass is 9.58. The number of aliphatic hydroxyl groups is 1. The largest absolute Gasteiger partial charge is 0.442 e. The second-order valence-electron chi connectivity index (χ2n) is 8.80. The van der Waals surface area contributed by atoms with E-state index in [1.807, 2.05) is 0 Å². The van der Waals surface area contributed by atoms with Crippen molar-refractivity contribution in [1.82, 2.24) is 10.1 Å². The summed E-state index contributed by atoms with van der Waals surface area (Å²) in [6, 6.07) is 3.87. The molecule has 5 rings (SSSR count). The molecule has 35 heavy (non-hydrogen) atoms. The van der Waals surface area contributed by atoms with Gasteiger partial charge in [-0.1, -0.05) is 17.3 Å². The van der Waals surface area contributed by atoms with Crippen LogP contribution < -0.4 is 21.7 Å². The molecule has 0 bridgehead atoms. The fraction of sp³-hybridized carbons (Fsp3) is 0.333. The number of hydrogen-bond donors (Lipinski definition) is 2. The molecule has 180 valence electrons. The summed E-state index contributed by atoms with van der Waals surface area (Å²) in [5, 5.41) is 17.4. The standard InChI is InChI=1S/C24H18F3N3O5/c1-13-16-10-14(6-7-15(16)20(31)35-30-13)29-21(32)23(33,24(25,26)27)11-22(8-3-9-22)17-4-2-5-18-19(17)34-12-28-18/h4,6-7,10,12,33H,3,8-9,11H2,1H3,(H,29,32). The number of aromatic nitrogens is 2. The number of aryl methyl sites for hydroxylation is 1. The van der Waals surface area contributed by atoms with Crippen molar-refractivity contribution in [2.75, 3.05) is 5.32 Å². The Kier molecular flexibility index (Phi) is 5.10. The number of anilines is 1. The van der Waals surface area contributed by atoms with Gasteiger partial charge in [0.25, 0.3) is 5.91 Å². The number of alkyl halides is 3. The Hall–Kier alpha value is -3.91. The third-order valence-electron chi connectivity index (χ3n) is 6.69. The van der Waals surface area contributed by atoms with Gasteiger partial charge in [-0.25, -0.2) is 9.78 Å². The lowest BCUT2D eigenvalue weighted by molar-refractivity contribution is -0.258. The first-order chi connectivity index (χ1) is 16.5. The van der Waals surface area contributed by atoms with Gasteiger partial charge in [-0.3, -0.25) is 4.79 Å². The number of carbonyl (C=O) groups excluding carboxylic acids is 1. The van der Waals surface area contributed by atoms with Gasteiger partial charge < -0.3 is 19.4 Å². The van der Waals surface area contributed by atoms with Crippen molar-refractivity contribution in [2.45, 2.75) is 44.4 Å². The second-order valence-corrected chi connectivity index (χ2v) is 8.80. The van der Waals surface area contributed by atoms with Crippen molar-refractivity contribution in [1.29, 1.82) is 0 Å². The summed E-state index contributed by atoms with van der Waals surface area (Å²) in [5.41, 5.74) is 0.779. The van der Waals surface area contributed by atoms with E-state index < -0.39 is 35.1 Å². The number of benzene rings is 1. The molecule has 2 aliphatic rings. The van der Waals surface area contributed by atoms with Crippen LogP contribution in [0.5, 0.6) is 0 Å². The maximum absolute atomic E-state index is 14.3. The summed E-state index contributed by atoms with van der Waals surface area (Å²) in [7, 11) is 0. The number of carbonyl (C=O) groups is 1. The molecule has 0 spiro atoms. The normalized spacial score (nSPS) is 17.9. The molecule has 0 radical (unpaired) electrons. The van der Waals surface area contributed by atoms with Gasteiger partial charge in [-0.2, -0.15) is 13.2 Å². The lowest BCUT2D eigenvalue weighted by Gasteiger charge is -2.47. The summed E-state index contributed by atoms with van der Waals surface area (Å²) >= 11 is 0. The maximum atomic E-state index is 14.3. The number of nitrogens with one attached hydrogen (secondary N) is 1. The minimum absolute atomic E-state index is 0.0383.